The molecule has 0 saturated heterocycles. The van der Waals surface area contributed by atoms with Crippen molar-refractivity contribution >= 4 is 11.4 Å². The summed E-state index contributed by atoms with van der Waals surface area (Å²) in [4.78, 5) is 0. The van der Waals surface area contributed by atoms with Gasteiger partial charge in [-0.3, -0.25) is 0 Å². The standard InChI is InChI=1S/C11H18N2O2/c1-8(14-2)7-13-9-4-5-10(12)11(6-9)15-3/h4-6,8,13H,7,12H2,1-3H3. The second-order valence-corrected chi connectivity index (χ2v) is 3.38. The van der Waals surface area contributed by atoms with Crippen LogP contribution in [0.5, 0.6) is 5.75 Å². The van der Waals surface area contributed by atoms with Gasteiger partial charge in [0.2, 0.25) is 0 Å². The summed E-state index contributed by atoms with van der Waals surface area (Å²) in [6.45, 7) is 2.76. The summed E-state index contributed by atoms with van der Waals surface area (Å²) in [6, 6.07) is 5.61. The topological polar surface area (TPSA) is 56.5 Å². The number of nitrogens with two attached hydrogens (primary N) is 1. The lowest BCUT2D eigenvalue weighted by Crippen LogP contribution is -2.18. The highest BCUT2D eigenvalue weighted by molar-refractivity contribution is 5.61. The van der Waals surface area contributed by atoms with E-state index in [-0.39, 0.29) is 6.10 Å². The Balaban J connectivity index is 2.62. The quantitative estimate of drug-likeness (QED) is 0.727. The predicted octanol–water partition coefficient (Wildman–Crippen LogP) is 1.72. The monoisotopic (exact) mass is 210 g/mol. The molecule has 0 bridgehead atoms. The molecule has 0 heterocycles. The number of hydrogen-bond acceptors (Lipinski definition) is 4. The number of methoxy groups -OCH3 is 2. The molecule has 84 valence electrons. The van der Waals surface area contributed by atoms with Gasteiger partial charge in [-0.25, -0.2) is 0 Å². The first-order valence-electron chi connectivity index (χ1n) is 4.87. The molecular formula is C11H18N2O2. The summed E-state index contributed by atoms with van der Waals surface area (Å²) in [5.41, 5.74) is 7.32. The number of hydrogen-bond donors (Lipinski definition) is 2. The maximum atomic E-state index is 5.70. The van der Waals surface area contributed by atoms with E-state index in [2.05, 4.69) is 5.32 Å². The van der Waals surface area contributed by atoms with Crippen LogP contribution in [0.3, 0.4) is 0 Å². The third-order valence-corrected chi connectivity index (χ3v) is 2.23. The average Bonchev–Trinajstić information content (AvgIpc) is 2.27. The van der Waals surface area contributed by atoms with Crippen molar-refractivity contribution in [3.63, 3.8) is 0 Å². The number of anilines is 2. The highest BCUT2D eigenvalue weighted by atomic mass is 16.5. The number of nitrogens with one attached hydrogen (secondary N) is 1. The van der Waals surface area contributed by atoms with Crippen molar-refractivity contribution in [2.24, 2.45) is 0 Å². The van der Waals surface area contributed by atoms with Crippen LogP contribution in [0.2, 0.25) is 0 Å². The Morgan fingerprint density at radius 1 is 1.40 bits per heavy atom. The summed E-state index contributed by atoms with van der Waals surface area (Å²) in [5.74, 6) is 0.685. The van der Waals surface area contributed by atoms with Gasteiger partial charge in [-0.1, -0.05) is 0 Å². The maximum Gasteiger partial charge on any atom is 0.143 e. The first-order valence-corrected chi connectivity index (χ1v) is 4.87. The van der Waals surface area contributed by atoms with Crippen LogP contribution >= 0.6 is 0 Å². The third kappa shape index (κ3) is 3.32. The van der Waals surface area contributed by atoms with Gasteiger partial charge in [-0.15, -0.1) is 0 Å². The van der Waals surface area contributed by atoms with Crippen LogP contribution < -0.4 is 15.8 Å². The average molecular weight is 210 g/mol. The molecule has 1 rings (SSSR count). The highest BCUT2D eigenvalue weighted by Crippen LogP contribution is 2.24. The molecule has 0 aliphatic heterocycles. The second kappa shape index (κ2) is 5.46. The molecule has 1 aromatic carbocycles. The molecule has 15 heavy (non-hydrogen) atoms. The fraction of sp³-hybridized carbons (Fsp3) is 0.455. The second-order valence-electron chi connectivity index (χ2n) is 3.38. The Bertz CT molecular complexity index is 315. The SMILES string of the molecule is COc1cc(NCC(C)OC)ccc1N. The van der Waals surface area contributed by atoms with Crippen LogP contribution in [-0.2, 0) is 4.74 Å². The van der Waals surface area contributed by atoms with Crippen LogP contribution in [-0.4, -0.2) is 26.9 Å². The van der Waals surface area contributed by atoms with Crippen molar-refractivity contribution in [1.29, 1.82) is 0 Å². The number of nitrogen functional groups attached to an aromatic ring is 1. The highest BCUT2D eigenvalue weighted by Gasteiger charge is 2.02. The lowest BCUT2D eigenvalue weighted by molar-refractivity contribution is 0.129. The molecule has 0 fully saturated rings. The number of ether oxygens (including phenoxy) is 2. The molecule has 0 amide bonds. The minimum absolute atomic E-state index is 0.175. The van der Waals surface area contributed by atoms with E-state index in [4.69, 9.17) is 15.2 Å². The fourth-order valence-electron chi connectivity index (χ4n) is 1.17. The Morgan fingerprint density at radius 3 is 2.73 bits per heavy atom. The van der Waals surface area contributed by atoms with Gasteiger partial charge in [0.15, 0.2) is 0 Å². The molecular weight excluding hydrogens is 192 g/mol. The van der Waals surface area contributed by atoms with Crippen molar-refractivity contribution in [2.75, 3.05) is 31.8 Å². The lowest BCUT2D eigenvalue weighted by Gasteiger charge is -2.13. The molecule has 0 radical (unpaired) electrons. The molecule has 1 unspecified atom stereocenters. The summed E-state index contributed by atoms with van der Waals surface area (Å²) in [7, 11) is 3.29. The van der Waals surface area contributed by atoms with E-state index in [9.17, 15) is 0 Å². The first-order chi connectivity index (χ1) is 7.17. The van der Waals surface area contributed by atoms with Crippen LogP contribution in [0, 0.1) is 0 Å². The molecule has 3 N–H and O–H groups in total. The minimum Gasteiger partial charge on any atom is -0.495 e. The molecule has 0 aromatic heterocycles. The van der Waals surface area contributed by atoms with Gasteiger partial charge in [-0.2, -0.15) is 0 Å². The molecule has 4 nitrogen and oxygen atoms in total. The molecule has 0 spiro atoms. The maximum absolute atomic E-state index is 5.70. The van der Waals surface area contributed by atoms with Gasteiger partial charge >= 0.3 is 0 Å². The molecule has 0 aliphatic rings. The summed E-state index contributed by atoms with van der Waals surface area (Å²) in [5, 5.41) is 3.24. The van der Waals surface area contributed by atoms with Gasteiger partial charge in [0, 0.05) is 25.4 Å². The van der Waals surface area contributed by atoms with E-state index in [1.165, 1.54) is 0 Å². The van der Waals surface area contributed by atoms with Gasteiger partial charge in [0.05, 0.1) is 18.9 Å². The smallest absolute Gasteiger partial charge is 0.143 e. The Hall–Kier alpha value is -1.42. The Morgan fingerprint density at radius 2 is 2.13 bits per heavy atom. The van der Waals surface area contributed by atoms with Crippen LogP contribution in [0.1, 0.15) is 6.92 Å². The van der Waals surface area contributed by atoms with Crippen molar-refractivity contribution in [3.8, 4) is 5.75 Å². The number of benzene rings is 1. The third-order valence-electron chi connectivity index (χ3n) is 2.23. The van der Waals surface area contributed by atoms with Gasteiger partial charge in [-0.05, 0) is 19.1 Å². The molecule has 1 aromatic rings. The van der Waals surface area contributed by atoms with Crippen LogP contribution in [0.25, 0.3) is 0 Å². The lowest BCUT2D eigenvalue weighted by atomic mass is 10.2. The van der Waals surface area contributed by atoms with Crippen molar-refractivity contribution < 1.29 is 9.47 Å². The molecule has 0 aliphatic carbocycles. The van der Waals surface area contributed by atoms with Gasteiger partial charge in [0.1, 0.15) is 5.75 Å². The van der Waals surface area contributed by atoms with Gasteiger partial charge in [0.25, 0.3) is 0 Å². The van der Waals surface area contributed by atoms with E-state index < -0.39 is 0 Å². The van der Waals surface area contributed by atoms with Crippen molar-refractivity contribution in [2.45, 2.75) is 13.0 Å². The minimum atomic E-state index is 0.175. The Labute approximate surface area is 90.4 Å². The summed E-state index contributed by atoms with van der Waals surface area (Å²) < 4.78 is 10.3. The van der Waals surface area contributed by atoms with E-state index >= 15 is 0 Å². The van der Waals surface area contributed by atoms with Crippen molar-refractivity contribution in [1.82, 2.24) is 0 Å². The zero-order chi connectivity index (χ0) is 11.3. The van der Waals surface area contributed by atoms with Crippen LogP contribution in [0.15, 0.2) is 18.2 Å². The summed E-state index contributed by atoms with van der Waals surface area (Å²) in [6.07, 6.45) is 0.175. The van der Waals surface area contributed by atoms with E-state index in [1.54, 1.807) is 14.2 Å². The van der Waals surface area contributed by atoms with E-state index in [0.717, 1.165) is 12.2 Å². The molecule has 4 heteroatoms. The van der Waals surface area contributed by atoms with E-state index in [0.29, 0.717) is 11.4 Å². The summed E-state index contributed by atoms with van der Waals surface area (Å²) >= 11 is 0. The normalized spacial score (nSPS) is 12.2. The zero-order valence-corrected chi connectivity index (χ0v) is 9.41. The zero-order valence-electron chi connectivity index (χ0n) is 9.41. The van der Waals surface area contributed by atoms with Crippen molar-refractivity contribution in [3.05, 3.63) is 18.2 Å². The predicted molar refractivity (Wildman–Crippen MR) is 62.4 cm³/mol. The molecule has 1 atom stereocenters. The fourth-order valence-corrected chi connectivity index (χ4v) is 1.17. The van der Waals surface area contributed by atoms with Crippen LogP contribution in [0.4, 0.5) is 11.4 Å². The first kappa shape index (κ1) is 11.7. The number of rotatable bonds is 5. The Kier molecular flexibility index (Phi) is 4.24. The van der Waals surface area contributed by atoms with Gasteiger partial charge < -0.3 is 20.5 Å². The van der Waals surface area contributed by atoms with E-state index in [1.807, 2.05) is 25.1 Å². The molecule has 0 saturated carbocycles. The largest absolute Gasteiger partial charge is 0.495 e.